The summed E-state index contributed by atoms with van der Waals surface area (Å²) in [4.78, 5) is 22.9. The van der Waals surface area contributed by atoms with Gasteiger partial charge in [0, 0.05) is 55.2 Å². The van der Waals surface area contributed by atoms with E-state index in [9.17, 15) is 0 Å². The van der Waals surface area contributed by atoms with E-state index in [1.165, 1.54) is 17.4 Å². The van der Waals surface area contributed by atoms with Gasteiger partial charge in [-0.2, -0.15) is 0 Å². The zero-order chi connectivity index (χ0) is 22.1. The van der Waals surface area contributed by atoms with Gasteiger partial charge < -0.3 is 4.90 Å². The molecule has 1 aliphatic heterocycles. The second-order valence-corrected chi connectivity index (χ2v) is 8.74. The SMILES string of the molecule is Cc1cc(-c2cncnc2)cc([C@@H]2CCCN2Cc2cc3ccccc3nc2N(C)C)n1. The number of fused-ring (bicyclic) bond motifs is 1. The summed E-state index contributed by atoms with van der Waals surface area (Å²) in [6, 6.07) is 15.2. The molecule has 0 N–H and O–H groups in total. The molecule has 0 amide bonds. The molecule has 0 spiro atoms. The number of benzene rings is 1. The summed E-state index contributed by atoms with van der Waals surface area (Å²) in [5.41, 5.74) is 6.59. The first-order valence-electron chi connectivity index (χ1n) is 11.1. The van der Waals surface area contributed by atoms with E-state index in [1.54, 1.807) is 6.33 Å². The van der Waals surface area contributed by atoms with Crippen LogP contribution in [0.5, 0.6) is 0 Å². The molecule has 1 aliphatic rings. The number of rotatable bonds is 5. The lowest BCUT2D eigenvalue weighted by Gasteiger charge is -2.27. The fourth-order valence-electron chi connectivity index (χ4n) is 4.70. The Bertz CT molecular complexity index is 1240. The van der Waals surface area contributed by atoms with E-state index in [0.717, 1.165) is 53.4 Å². The minimum absolute atomic E-state index is 0.291. The molecule has 4 heterocycles. The van der Waals surface area contributed by atoms with Gasteiger partial charge in [0.15, 0.2) is 0 Å². The van der Waals surface area contributed by atoms with E-state index in [2.05, 4.69) is 77.2 Å². The predicted octanol–water partition coefficient (Wildman–Crippen LogP) is 4.80. The smallest absolute Gasteiger partial charge is 0.133 e. The Morgan fingerprint density at radius 3 is 2.62 bits per heavy atom. The molecule has 6 nitrogen and oxygen atoms in total. The van der Waals surface area contributed by atoms with Crippen molar-refractivity contribution >= 4 is 16.7 Å². The summed E-state index contributed by atoms with van der Waals surface area (Å²) in [5.74, 6) is 1.04. The number of hydrogen-bond donors (Lipinski definition) is 0. The van der Waals surface area contributed by atoms with Crippen molar-refractivity contribution in [2.45, 2.75) is 32.4 Å². The van der Waals surface area contributed by atoms with Crippen LogP contribution in [0.1, 0.15) is 35.8 Å². The lowest BCUT2D eigenvalue weighted by Crippen LogP contribution is -2.25. The molecule has 3 aromatic heterocycles. The van der Waals surface area contributed by atoms with E-state index in [-0.39, 0.29) is 0 Å². The van der Waals surface area contributed by atoms with Crippen LogP contribution in [0.4, 0.5) is 5.82 Å². The number of hydrogen-bond acceptors (Lipinski definition) is 6. The van der Waals surface area contributed by atoms with Crippen molar-refractivity contribution in [3.05, 3.63) is 78.1 Å². The molecule has 162 valence electrons. The molecule has 4 aromatic rings. The molecule has 0 saturated carbocycles. The number of nitrogens with zero attached hydrogens (tertiary/aromatic N) is 6. The van der Waals surface area contributed by atoms with E-state index < -0.39 is 0 Å². The molecule has 0 unspecified atom stereocenters. The molecule has 0 aliphatic carbocycles. The maximum atomic E-state index is 4.95. The Labute approximate surface area is 189 Å². The lowest BCUT2D eigenvalue weighted by atomic mass is 10.0. The third-order valence-electron chi connectivity index (χ3n) is 6.15. The van der Waals surface area contributed by atoms with Crippen LogP contribution in [0.25, 0.3) is 22.0 Å². The molecule has 0 radical (unpaired) electrons. The van der Waals surface area contributed by atoms with Crippen LogP contribution < -0.4 is 4.90 Å². The Morgan fingerprint density at radius 1 is 1.00 bits per heavy atom. The lowest BCUT2D eigenvalue weighted by molar-refractivity contribution is 0.244. The van der Waals surface area contributed by atoms with Gasteiger partial charge in [-0.1, -0.05) is 18.2 Å². The van der Waals surface area contributed by atoms with Gasteiger partial charge in [0.1, 0.15) is 12.1 Å². The van der Waals surface area contributed by atoms with Crippen LogP contribution >= 0.6 is 0 Å². The molecule has 32 heavy (non-hydrogen) atoms. The van der Waals surface area contributed by atoms with Crippen molar-refractivity contribution in [3.8, 4) is 11.1 Å². The summed E-state index contributed by atoms with van der Waals surface area (Å²) in [7, 11) is 4.14. The normalized spacial score (nSPS) is 16.5. The highest BCUT2D eigenvalue weighted by atomic mass is 15.2. The fraction of sp³-hybridized carbons (Fsp3) is 0.308. The molecule has 5 rings (SSSR count). The molecule has 1 saturated heterocycles. The average Bonchev–Trinajstić information content (AvgIpc) is 3.27. The van der Waals surface area contributed by atoms with Crippen LogP contribution in [0.2, 0.25) is 0 Å². The number of para-hydroxylation sites is 1. The zero-order valence-corrected chi connectivity index (χ0v) is 18.9. The van der Waals surface area contributed by atoms with E-state index >= 15 is 0 Å². The second-order valence-electron chi connectivity index (χ2n) is 8.74. The number of aromatic nitrogens is 4. The van der Waals surface area contributed by atoms with Crippen molar-refractivity contribution in [2.24, 2.45) is 0 Å². The van der Waals surface area contributed by atoms with Crippen molar-refractivity contribution < 1.29 is 0 Å². The minimum Gasteiger partial charge on any atom is -0.362 e. The third-order valence-corrected chi connectivity index (χ3v) is 6.15. The molecule has 0 bridgehead atoms. The highest BCUT2D eigenvalue weighted by Crippen LogP contribution is 2.35. The van der Waals surface area contributed by atoms with Crippen LogP contribution in [-0.4, -0.2) is 45.5 Å². The molecule has 6 heteroatoms. The van der Waals surface area contributed by atoms with Crippen molar-refractivity contribution in [1.29, 1.82) is 0 Å². The largest absolute Gasteiger partial charge is 0.362 e. The van der Waals surface area contributed by atoms with Crippen LogP contribution in [-0.2, 0) is 6.54 Å². The van der Waals surface area contributed by atoms with Gasteiger partial charge in [-0.05, 0) is 56.1 Å². The quantitative estimate of drug-likeness (QED) is 0.459. The summed E-state index contributed by atoms with van der Waals surface area (Å²) in [5, 5.41) is 1.18. The van der Waals surface area contributed by atoms with Gasteiger partial charge in [0.2, 0.25) is 0 Å². The van der Waals surface area contributed by atoms with Gasteiger partial charge in [0.25, 0.3) is 0 Å². The van der Waals surface area contributed by atoms with Gasteiger partial charge in [-0.25, -0.2) is 15.0 Å². The fourth-order valence-corrected chi connectivity index (χ4v) is 4.70. The first kappa shape index (κ1) is 20.5. The summed E-state index contributed by atoms with van der Waals surface area (Å²) in [6.45, 7) is 3.98. The number of likely N-dealkylation sites (tertiary alicyclic amines) is 1. The summed E-state index contributed by atoms with van der Waals surface area (Å²) < 4.78 is 0. The van der Waals surface area contributed by atoms with Crippen LogP contribution in [0.15, 0.2) is 61.2 Å². The topological polar surface area (TPSA) is 58.0 Å². The first-order chi connectivity index (χ1) is 15.6. The highest BCUT2D eigenvalue weighted by Gasteiger charge is 2.28. The molecule has 1 aromatic carbocycles. The van der Waals surface area contributed by atoms with Gasteiger partial charge in [-0.3, -0.25) is 9.88 Å². The van der Waals surface area contributed by atoms with Crippen LogP contribution in [0, 0.1) is 6.92 Å². The first-order valence-corrected chi connectivity index (χ1v) is 11.1. The summed E-state index contributed by atoms with van der Waals surface area (Å²) in [6.07, 6.45) is 7.57. The third kappa shape index (κ3) is 4.06. The van der Waals surface area contributed by atoms with Gasteiger partial charge >= 0.3 is 0 Å². The van der Waals surface area contributed by atoms with E-state index in [0.29, 0.717) is 6.04 Å². The van der Waals surface area contributed by atoms with Crippen molar-refractivity contribution in [3.63, 3.8) is 0 Å². The Morgan fingerprint density at radius 2 is 1.81 bits per heavy atom. The van der Waals surface area contributed by atoms with Crippen molar-refractivity contribution in [2.75, 3.05) is 25.5 Å². The van der Waals surface area contributed by atoms with Gasteiger partial charge in [0.05, 0.1) is 17.3 Å². The predicted molar refractivity (Wildman–Crippen MR) is 128 cm³/mol. The van der Waals surface area contributed by atoms with Gasteiger partial charge in [-0.15, -0.1) is 0 Å². The molecule has 1 fully saturated rings. The van der Waals surface area contributed by atoms with Crippen LogP contribution in [0.3, 0.4) is 0 Å². The number of anilines is 1. The summed E-state index contributed by atoms with van der Waals surface area (Å²) >= 11 is 0. The molecular weight excluding hydrogens is 396 g/mol. The maximum Gasteiger partial charge on any atom is 0.133 e. The maximum absolute atomic E-state index is 4.95. The zero-order valence-electron chi connectivity index (χ0n) is 18.9. The standard InChI is InChI=1S/C26H28N6/c1-18-11-20(22-14-27-17-28-15-22)13-24(29-18)25-9-6-10-32(25)16-21-12-19-7-4-5-8-23(19)30-26(21)31(2)3/h4-5,7-8,11-15,17,25H,6,9-10,16H2,1-3H3/t25-/m0/s1. The molecular formula is C26H28N6. The Hall–Kier alpha value is -3.38. The average molecular weight is 425 g/mol. The van der Waals surface area contributed by atoms with E-state index in [4.69, 9.17) is 9.97 Å². The van der Waals surface area contributed by atoms with Crippen molar-refractivity contribution in [1.82, 2.24) is 24.8 Å². The number of aryl methyl sites for hydroxylation is 1. The second kappa shape index (κ2) is 8.63. The Balaban J connectivity index is 1.49. The van der Waals surface area contributed by atoms with E-state index in [1.807, 2.05) is 18.5 Å². The number of pyridine rings is 2. The highest BCUT2D eigenvalue weighted by molar-refractivity contribution is 5.81. The Kier molecular flexibility index (Phi) is 5.53. The monoisotopic (exact) mass is 424 g/mol. The minimum atomic E-state index is 0.291. The molecule has 1 atom stereocenters.